The van der Waals surface area contributed by atoms with Gasteiger partial charge < -0.3 is 20.1 Å². The summed E-state index contributed by atoms with van der Waals surface area (Å²) in [6.07, 6.45) is 2.86. The van der Waals surface area contributed by atoms with E-state index < -0.39 is 11.3 Å². The molecule has 3 unspecified atom stereocenters. The normalized spacial score (nSPS) is 20.0. The molecule has 0 saturated carbocycles. The minimum atomic E-state index is -2.35. The van der Waals surface area contributed by atoms with Crippen LogP contribution in [0.5, 0.6) is 0 Å². The van der Waals surface area contributed by atoms with Crippen LogP contribution in [0.3, 0.4) is 0 Å². The molecule has 37 heavy (non-hydrogen) atoms. The molecule has 2 bridgehead atoms. The number of fused-ring (bicyclic) bond motifs is 3. The van der Waals surface area contributed by atoms with Gasteiger partial charge in [0, 0.05) is 65.9 Å². The summed E-state index contributed by atoms with van der Waals surface area (Å²) in [5, 5.41) is 15.5. The second-order valence-corrected chi connectivity index (χ2v) is 10.9. The molecule has 4 heterocycles. The molecule has 2 fully saturated rings. The van der Waals surface area contributed by atoms with Crippen LogP contribution < -0.4 is 20.3 Å². The van der Waals surface area contributed by atoms with E-state index in [0.717, 1.165) is 46.7 Å². The van der Waals surface area contributed by atoms with Crippen LogP contribution in [0.2, 0.25) is 0 Å². The number of rotatable bonds is 8. The number of halogens is 1. The number of likely N-dealkylation sites (N-methyl/N-ethyl adjacent to an activating group) is 1. The molecule has 6 rings (SSSR count). The first-order valence-electron chi connectivity index (χ1n) is 11.9. The highest BCUT2D eigenvalue weighted by molar-refractivity contribution is 9.10. The quantitative estimate of drug-likeness (QED) is 0.230. The number of H-pyrrole nitrogens is 1. The number of hydrogen-bond donors (Lipinski definition) is 4. The molecule has 3 atom stereocenters. The van der Waals surface area contributed by atoms with Crippen LogP contribution in [0.25, 0.3) is 10.9 Å². The summed E-state index contributed by atoms with van der Waals surface area (Å²) < 4.78 is 24.9. The van der Waals surface area contributed by atoms with Gasteiger partial charge in [-0.2, -0.15) is 10.1 Å². The minimum absolute atomic E-state index is 0.162. The zero-order valence-corrected chi connectivity index (χ0v) is 22.3. The van der Waals surface area contributed by atoms with Gasteiger partial charge in [-0.25, -0.2) is 9.71 Å². The van der Waals surface area contributed by atoms with Crippen molar-refractivity contribution < 1.29 is 8.76 Å². The maximum atomic E-state index is 10.9. The first-order chi connectivity index (χ1) is 17.9. The van der Waals surface area contributed by atoms with Crippen molar-refractivity contribution >= 4 is 67.1 Å². The highest BCUT2D eigenvalue weighted by Gasteiger charge is 2.42. The van der Waals surface area contributed by atoms with E-state index in [0.29, 0.717) is 28.3 Å². The van der Waals surface area contributed by atoms with Gasteiger partial charge in [0.1, 0.15) is 5.82 Å². The Balaban J connectivity index is 1.20. The minimum Gasteiger partial charge on any atom is -0.760 e. The number of para-hydroxylation sites is 1. The van der Waals surface area contributed by atoms with Gasteiger partial charge in [0.05, 0.1) is 9.99 Å². The number of likely N-dealkylation sites (tertiary alicyclic amines) is 1. The third-order valence-electron chi connectivity index (χ3n) is 6.98. The molecule has 4 N–H and O–H groups in total. The summed E-state index contributed by atoms with van der Waals surface area (Å²) in [5.41, 5.74) is 3.30. The number of aromatic amines is 1. The number of nitrogens with zero attached hydrogens (tertiary/aromatic N) is 5. The number of nitrogens with one attached hydrogen (secondary N) is 4. The molecular weight excluding hydrogens is 558 g/mol. The highest BCUT2D eigenvalue weighted by Crippen LogP contribution is 2.36. The van der Waals surface area contributed by atoms with Gasteiger partial charge in [-0.15, -0.1) is 0 Å². The fourth-order valence-corrected chi connectivity index (χ4v) is 5.70. The first kappa shape index (κ1) is 24.2. The summed E-state index contributed by atoms with van der Waals surface area (Å²) in [6, 6.07) is 14.6. The van der Waals surface area contributed by atoms with Crippen molar-refractivity contribution in [3.63, 3.8) is 0 Å². The first-order valence-corrected chi connectivity index (χ1v) is 13.7. The topological polar surface area (TPSA) is 137 Å². The lowest BCUT2D eigenvalue weighted by atomic mass is 10.2. The zero-order valence-electron chi connectivity index (χ0n) is 19.9. The van der Waals surface area contributed by atoms with Crippen molar-refractivity contribution in [3.05, 3.63) is 58.7 Å². The molecule has 0 aliphatic carbocycles. The van der Waals surface area contributed by atoms with Crippen molar-refractivity contribution in [3.8, 4) is 0 Å². The van der Waals surface area contributed by atoms with Crippen LogP contribution in [0.1, 0.15) is 12.0 Å². The average molecular weight is 583 g/mol. The molecule has 13 heteroatoms. The van der Waals surface area contributed by atoms with Crippen LogP contribution in [0, 0.1) is 0 Å². The fourth-order valence-electron chi connectivity index (χ4n) is 5.13. The van der Waals surface area contributed by atoms with Crippen molar-refractivity contribution in [1.29, 1.82) is 0 Å². The molecule has 0 spiro atoms. The Kier molecular flexibility index (Phi) is 6.55. The maximum absolute atomic E-state index is 10.9. The lowest BCUT2D eigenvalue weighted by molar-refractivity contribution is 0.292. The van der Waals surface area contributed by atoms with Crippen LogP contribution in [0.4, 0.5) is 29.0 Å². The van der Waals surface area contributed by atoms with E-state index in [4.69, 9.17) is 0 Å². The monoisotopic (exact) mass is 582 g/mol. The van der Waals surface area contributed by atoms with Gasteiger partial charge in [-0.1, -0.05) is 18.2 Å². The van der Waals surface area contributed by atoms with Crippen LogP contribution >= 0.6 is 15.9 Å². The number of anilines is 5. The van der Waals surface area contributed by atoms with E-state index in [1.165, 1.54) is 6.42 Å². The van der Waals surface area contributed by atoms with E-state index in [2.05, 4.69) is 74.4 Å². The van der Waals surface area contributed by atoms with E-state index in [9.17, 15) is 8.76 Å². The van der Waals surface area contributed by atoms with Crippen LogP contribution in [-0.4, -0.2) is 66.0 Å². The molecule has 192 valence electrons. The predicted octanol–water partition coefficient (Wildman–Crippen LogP) is 3.38. The second kappa shape index (κ2) is 9.99. The summed E-state index contributed by atoms with van der Waals surface area (Å²) in [4.78, 5) is 13.9. The Labute approximate surface area is 224 Å². The van der Waals surface area contributed by atoms with Crippen LogP contribution in [-0.2, 0) is 17.8 Å². The third-order valence-corrected chi connectivity index (χ3v) is 7.94. The summed E-state index contributed by atoms with van der Waals surface area (Å²) in [5.74, 6) is 1.98. The zero-order chi connectivity index (χ0) is 25.5. The fraction of sp³-hybridized carbons (Fsp3) is 0.292. The molecule has 2 aromatic heterocycles. The average Bonchev–Trinajstić information content (AvgIpc) is 3.59. The summed E-state index contributed by atoms with van der Waals surface area (Å²) in [7, 11) is 2.20. The standard InChI is InChI=1S/C24H26BrN9O2S/c1-33-12-17-9-16(33)13-34(17)23-18-7-6-15(8-21(18)31-32-23)28-24-26-11-19(25)22(30-24)29-20-5-3-2-4-14(20)10-27-37(35)36/h2-8,11,16-17,27H,9-10,12-13H2,1H3,(H,31,32)(H,35,36)(H2,26,28,29,30)/p-1. The van der Waals surface area contributed by atoms with Crippen molar-refractivity contribution in [2.45, 2.75) is 25.0 Å². The Hall–Kier alpha value is -3.10. The van der Waals surface area contributed by atoms with Gasteiger partial charge in [0.15, 0.2) is 5.82 Å². The molecule has 0 amide bonds. The summed E-state index contributed by atoms with van der Waals surface area (Å²) >= 11 is 1.15. The van der Waals surface area contributed by atoms with E-state index in [-0.39, 0.29) is 6.54 Å². The third kappa shape index (κ3) is 4.92. The van der Waals surface area contributed by atoms with Gasteiger partial charge in [-0.05, 0) is 59.2 Å². The molecule has 0 radical (unpaired) electrons. The number of piperazine rings is 1. The van der Waals surface area contributed by atoms with Crippen molar-refractivity contribution in [2.75, 3.05) is 35.7 Å². The molecule has 2 saturated heterocycles. The van der Waals surface area contributed by atoms with E-state index >= 15 is 0 Å². The maximum Gasteiger partial charge on any atom is 0.229 e. The molecular formula is C24H25BrN9O2S-. The van der Waals surface area contributed by atoms with Crippen molar-refractivity contribution in [2.24, 2.45) is 0 Å². The predicted molar refractivity (Wildman–Crippen MR) is 147 cm³/mol. The largest absolute Gasteiger partial charge is 0.760 e. The number of benzene rings is 2. The Morgan fingerprint density at radius 3 is 2.84 bits per heavy atom. The molecule has 11 nitrogen and oxygen atoms in total. The molecule has 2 aromatic carbocycles. The summed E-state index contributed by atoms with van der Waals surface area (Å²) in [6.45, 7) is 2.25. The van der Waals surface area contributed by atoms with E-state index in [1.807, 2.05) is 36.4 Å². The van der Waals surface area contributed by atoms with Crippen LogP contribution in [0.15, 0.2) is 53.1 Å². The smallest absolute Gasteiger partial charge is 0.229 e. The highest BCUT2D eigenvalue weighted by atomic mass is 79.9. The van der Waals surface area contributed by atoms with Gasteiger partial charge >= 0.3 is 0 Å². The molecule has 4 aromatic rings. The lowest BCUT2D eigenvalue weighted by Gasteiger charge is -2.32. The molecule has 2 aliphatic rings. The Morgan fingerprint density at radius 1 is 1.19 bits per heavy atom. The SMILES string of the molecule is CN1CC2CC1CN2c1n[nH]c2cc(Nc3ncc(Br)c(Nc4ccccc4CNS(=O)[O-])n3)ccc12. The lowest BCUT2D eigenvalue weighted by Crippen LogP contribution is -2.44. The number of aromatic nitrogens is 4. The Bertz CT molecular complexity index is 1480. The van der Waals surface area contributed by atoms with Gasteiger partial charge in [-0.3, -0.25) is 14.2 Å². The van der Waals surface area contributed by atoms with Gasteiger partial charge in [0.25, 0.3) is 0 Å². The van der Waals surface area contributed by atoms with Crippen molar-refractivity contribution in [1.82, 2.24) is 29.8 Å². The second-order valence-electron chi connectivity index (χ2n) is 9.30. The van der Waals surface area contributed by atoms with Gasteiger partial charge in [0.2, 0.25) is 5.95 Å². The Morgan fingerprint density at radius 2 is 2.05 bits per heavy atom. The molecule has 2 aliphatic heterocycles. The number of hydrogen-bond acceptors (Lipinski definition) is 9. The van der Waals surface area contributed by atoms with E-state index in [1.54, 1.807) is 6.20 Å².